The number of hydrogen-bond donors (Lipinski definition) is 6. The van der Waals surface area contributed by atoms with E-state index < -0.39 is 49.5 Å². The summed E-state index contributed by atoms with van der Waals surface area (Å²) in [4.78, 5) is 13.1. The van der Waals surface area contributed by atoms with E-state index in [1.165, 1.54) is 295 Å². The molecule has 9 nitrogen and oxygen atoms in total. The first kappa shape index (κ1) is 73.9. The molecule has 9 heteroatoms. The van der Waals surface area contributed by atoms with Crippen LogP contribution in [0.15, 0.2) is 12.2 Å². The molecule has 0 saturated carbocycles. The van der Waals surface area contributed by atoms with E-state index in [1.807, 2.05) is 0 Å². The standard InChI is InChI=1S/C68H133NO8/c1-3-5-7-9-11-13-15-17-19-21-23-25-27-29-30-31-32-34-35-37-39-41-43-45-47-49-51-53-55-57-62(71)61(60-76-68-67(75)66(74)65(73)63(59-70)77-68)69-64(72)58-56-54-52-50-48-46-44-42-40-38-36-33-28-26-24-22-20-18-16-14-12-10-8-6-4-2/h22,24,61-63,65-68,70-71,73-75H,3-21,23,25-60H2,1-2H3,(H,69,72)/b24-22-. The van der Waals surface area contributed by atoms with Crippen molar-refractivity contribution in [2.75, 3.05) is 13.2 Å². The SMILES string of the molecule is CCCCCCCCCC/C=C\CCCCCCCCCCCCCCCC(=O)NC(COC1OC(CO)C(O)C(O)C1O)C(O)CCCCCCCCCCCCCCCCCCCCCCCCCCCCCCC. The fraction of sp³-hybridized carbons (Fsp3) is 0.956. The van der Waals surface area contributed by atoms with Gasteiger partial charge in [-0.3, -0.25) is 4.79 Å². The Labute approximate surface area is 477 Å². The van der Waals surface area contributed by atoms with Gasteiger partial charge in [0.25, 0.3) is 0 Å². The second kappa shape index (κ2) is 58.1. The van der Waals surface area contributed by atoms with Crippen LogP contribution in [0.5, 0.6) is 0 Å². The highest BCUT2D eigenvalue weighted by atomic mass is 16.7. The average Bonchev–Trinajstić information content (AvgIpc) is 3.43. The number of carbonyl (C=O) groups is 1. The normalized spacial score (nSPS) is 18.7. The number of carbonyl (C=O) groups excluding carboxylic acids is 1. The number of allylic oxidation sites excluding steroid dienone is 2. The van der Waals surface area contributed by atoms with Crippen molar-refractivity contribution >= 4 is 5.91 Å². The number of unbranched alkanes of at least 4 members (excludes halogenated alkanes) is 49. The van der Waals surface area contributed by atoms with E-state index in [-0.39, 0.29) is 12.5 Å². The van der Waals surface area contributed by atoms with Crippen molar-refractivity contribution in [2.45, 2.75) is 403 Å². The minimum atomic E-state index is -1.55. The van der Waals surface area contributed by atoms with E-state index in [0.29, 0.717) is 12.8 Å². The lowest BCUT2D eigenvalue weighted by molar-refractivity contribution is -0.302. The van der Waals surface area contributed by atoms with Crippen molar-refractivity contribution in [3.05, 3.63) is 12.2 Å². The molecular formula is C68H133NO8. The van der Waals surface area contributed by atoms with Crippen molar-refractivity contribution in [2.24, 2.45) is 0 Å². The summed E-state index contributed by atoms with van der Waals surface area (Å²) in [5.74, 6) is -0.137. The van der Waals surface area contributed by atoms with Crippen LogP contribution >= 0.6 is 0 Å². The summed E-state index contributed by atoms with van der Waals surface area (Å²) in [6, 6.07) is -0.718. The summed E-state index contributed by atoms with van der Waals surface area (Å²) in [5, 5.41) is 54.9. The monoisotopic (exact) mass is 1090 g/mol. The molecule has 0 aliphatic carbocycles. The van der Waals surface area contributed by atoms with Crippen LogP contribution in [0.2, 0.25) is 0 Å². The van der Waals surface area contributed by atoms with Crippen molar-refractivity contribution in [3.63, 3.8) is 0 Å². The molecule has 6 N–H and O–H groups in total. The van der Waals surface area contributed by atoms with Crippen LogP contribution in [0.1, 0.15) is 361 Å². The third-order valence-corrected chi connectivity index (χ3v) is 16.9. The van der Waals surface area contributed by atoms with Crippen molar-refractivity contribution < 1.29 is 39.8 Å². The molecule has 1 aliphatic heterocycles. The molecule has 1 fully saturated rings. The zero-order valence-corrected chi connectivity index (χ0v) is 51.3. The predicted molar refractivity (Wildman–Crippen MR) is 327 cm³/mol. The molecule has 1 aliphatic rings. The molecule has 0 spiro atoms. The van der Waals surface area contributed by atoms with Crippen molar-refractivity contribution in [1.29, 1.82) is 0 Å². The summed E-state index contributed by atoms with van der Waals surface area (Å²) in [5.41, 5.74) is 0. The van der Waals surface area contributed by atoms with Gasteiger partial charge in [-0.1, -0.05) is 328 Å². The van der Waals surface area contributed by atoms with Gasteiger partial charge in [0.1, 0.15) is 24.4 Å². The number of ether oxygens (including phenoxy) is 2. The number of nitrogens with one attached hydrogen (secondary N) is 1. The maximum absolute atomic E-state index is 13.1. The smallest absolute Gasteiger partial charge is 0.220 e. The lowest BCUT2D eigenvalue weighted by Gasteiger charge is -2.40. The summed E-state index contributed by atoms with van der Waals surface area (Å²) in [6.07, 6.45) is 67.0. The maximum atomic E-state index is 13.1. The Morgan fingerprint density at radius 1 is 0.429 bits per heavy atom. The fourth-order valence-corrected chi connectivity index (χ4v) is 11.5. The molecule has 0 aromatic rings. The number of aliphatic hydroxyl groups is 5. The Balaban J connectivity index is 2.11. The Kier molecular flexibility index (Phi) is 55.8. The number of rotatable bonds is 61. The van der Waals surface area contributed by atoms with Gasteiger partial charge < -0.3 is 40.3 Å². The molecule has 7 atom stereocenters. The van der Waals surface area contributed by atoms with E-state index in [4.69, 9.17) is 9.47 Å². The predicted octanol–water partition coefficient (Wildman–Crippen LogP) is 18.3. The van der Waals surface area contributed by atoms with Crippen LogP contribution in [0.25, 0.3) is 0 Å². The van der Waals surface area contributed by atoms with Gasteiger partial charge in [-0.2, -0.15) is 0 Å². The van der Waals surface area contributed by atoms with Crippen LogP contribution in [0.4, 0.5) is 0 Å². The molecular weight excluding hydrogens is 959 g/mol. The first-order valence-corrected chi connectivity index (χ1v) is 34.4. The molecule has 0 bridgehead atoms. The highest BCUT2D eigenvalue weighted by Gasteiger charge is 2.44. The van der Waals surface area contributed by atoms with E-state index in [0.717, 1.165) is 38.5 Å². The maximum Gasteiger partial charge on any atom is 0.220 e. The Morgan fingerprint density at radius 3 is 1.05 bits per heavy atom. The molecule has 1 amide bonds. The number of aliphatic hydroxyl groups excluding tert-OH is 5. The summed E-state index contributed by atoms with van der Waals surface area (Å²) >= 11 is 0. The summed E-state index contributed by atoms with van der Waals surface area (Å²) in [7, 11) is 0. The van der Waals surface area contributed by atoms with Crippen LogP contribution in [0.3, 0.4) is 0 Å². The molecule has 458 valence electrons. The first-order chi connectivity index (χ1) is 37.8. The molecule has 1 heterocycles. The van der Waals surface area contributed by atoms with Crippen LogP contribution in [-0.4, -0.2) is 87.5 Å². The van der Waals surface area contributed by atoms with Gasteiger partial charge in [-0.15, -0.1) is 0 Å². The van der Waals surface area contributed by atoms with E-state index in [1.54, 1.807) is 0 Å². The minimum absolute atomic E-state index is 0.133. The van der Waals surface area contributed by atoms with Gasteiger partial charge >= 0.3 is 0 Å². The lowest BCUT2D eigenvalue weighted by Crippen LogP contribution is -2.60. The summed E-state index contributed by atoms with van der Waals surface area (Å²) < 4.78 is 11.4. The van der Waals surface area contributed by atoms with E-state index in [2.05, 4.69) is 31.3 Å². The fourth-order valence-electron chi connectivity index (χ4n) is 11.5. The van der Waals surface area contributed by atoms with E-state index >= 15 is 0 Å². The molecule has 0 radical (unpaired) electrons. The van der Waals surface area contributed by atoms with Crippen molar-refractivity contribution in [3.8, 4) is 0 Å². The third-order valence-electron chi connectivity index (χ3n) is 16.9. The summed E-state index contributed by atoms with van der Waals surface area (Å²) in [6.45, 7) is 3.90. The van der Waals surface area contributed by atoms with Crippen LogP contribution in [0, 0.1) is 0 Å². The Morgan fingerprint density at radius 2 is 0.727 bits per heavy atom. The minimum Gasteiger partial charge on any atom is -0.394 e. The average molecular weight is 1090 g/mol. The van der Waals surface area contributed by atoms with Gasteiger partial charge in [-0.05, 0) is 38.5 Å². The zero-order valence-electron chi connectivity index (χ0n) is 51.3. The lowest BCUT2D eigenvalue weighted by atomic mass is 9.99. The molecule has 7 unspecified atom stereocenters. The zero-order chi connectivity index (χ0) is 55.8. The van der Waals surface area contributed by atoms with Crippen molar-refractivity contribution in [1.82, 2.24) is 5.32 Å². The van der Waals surface area contributed by atoms with Crippen LogP contribution < -0.4 is 5.32 Å². The number of amides is 1. The highest BCUT2D eigenvalue weighted by Crippen LogP contribution is 2.24. The van der Waals surface area contributed by atoms with Gasteiger partial charge in [0.15, 0.2) is 6.29 Å². The molecule has 1 saturated heterocycles. The second-order valence-electron chi connectivity index (χ2n) is 24.3. The second-order valence-corrected chi connectivity index (χ2v) is 24.3. The molecule has 1 rings (SSSR count). The van der Waals surface area contributed by atoms with Gasteiger partial charge in [-0.25, -0.2) is 0 Å². The first-order valence-electron chi connectivity index (χ1n) is 34.4. The highest BCUT2D eigenvalue weighted by molar-refractivity contribution is 5.76. The molecule has 0 aromatic heterocycles. The van der Waals surface area contributed by atoms with Gasteiger partial charge in [0.05, 0.1) is 25.4 Å². The Hall–Kier alpha value is -1.07. The topological polar surface area (TPSA) is 149 Å². The Bertz CT molecular complexity index is 1220. The van der Waals surface area contributed by atoms with Gasteiger partial charge in [0.2, 0.25) is 5.91 Å². The van der Waals surface area contributed by atoms with Gasteiger partial charge in [0, 0.05) is 6.42 Å². The van der Waals surface area contributed by atoms with E-state index in [9.17, 15) is 30.3 Å². The molecule has 0 aromatic carbocycles. The van der Waals surface area contributed by atoms with Crippen LogP contribution in [-0.2, 0) is 14.3 Å². The third kappa shape index (κ3) is 47.2. The molecule has 77 heavy (non-hydrogen) atoms. The largest absolute Gasteiger partial charge is 0.394 e. The quantitative estimate of drug-likeness (QED) is 0.0261. The number of hydrogen-bond acceptors (Lipinski definition) is 8.